The average Bonchev–Trinajstić information content (AvgIpc) is 2.91. The van der Waals surface area contributed by atoms with Crippen LogP contribution in [0.3, 0.4) is 0 Å². The molecule has 112 valence electrons. The second-order valence-corrected chi connectivity index (χ2v) is 6.20. The molecule has 1 aromatic heterocycles. The number of fused-ring (bicyclic) bond motifs is 1. The first-order valence-corrected chi connectivity index (χ1v) is 8.43. The molecule has 2 aromatic carbocycles. The van der Waals surface area contributed by atoms with Crippen molar-refractivity contribution >= 4 is 29.1 Å². The molecule has 0 spiro atoms. The Hall–Kier alpha value is -2.07. The van der Waals surface area contributed by atoms with Crippen LogP contribution in [-0.4, -0.2) is 21.6 Å². The maximum Gasteiger partial charge on any atom is 0.169 e. The van der Waals surface area contributed by atoms with Gasteiger partial charge in [0.25, 0.3) is 0 Å². The Kier molecular flexibility index (Phi) is 4.59. The third-order valence-electron chi connectivity index (χ3n) is 3.57. The Morgan fingerprint density at radius 1 is 1.14 bits per heavy atom. The zero-order valence-corrected chi connectivity index (χ0v) is 13.3. The molecule has 3 rings (SSSR count). The summed E-state index contributed by atoms with van der Waals surface area (Å²) in [6.45, 7) is 2.84. The predicted octanol–water partition coefficient (Wildman–Crippen LogP) is 4.40. The number of aldehydes is 1. The summed E-state index contributed by atoms with van der Waals surface area (Å²) < 4.78 is 2.21. The van der Waals surface area contributed by atoms with E-state index >= 15 is 0 Å². The number of rotatable bonds is 6. The fraction of sp³-hybridized carbons (Fsp3) is 0.222. The van der Waals surface area contributed by atoms with Crippen LogP contribution < -0.4 is 0 Å². The lowest BCUT2D eigenvalue weighted by Crippen LogP contribution is -2.04. The quantitative estimate of drug-likeness (QED) is 0.500. The molecule has 0 N–H and O–H groups in total. The molecule has 22 heavy (non-hydrogen) atoms. The van der Waals surface area contributed by atoms with E-state index in [1.807, 2.05) is 42.5 Å². The van der Waals surface area contributed by atoms with Crippen LogP contribution >= 0.6 is 11.8 Å². The van der Waals surface area contributed by atoms with Crippen molar-refractivity contribution in [3.05, 3.63) is 59.7 Å². The Balaban J connectivity index is 2.06. The Bertz CT molecular complexity index is 795. The number of benzene rings is 2. The number of aromatic nitrogens is 2. The van der Waals surface area contributed by atoms with E-state index in [0.29, 0.717) is 6.54 Å². The van der Waals surface area contributed by atoms with Gasteiger partial charge in [-0.15, -0.1) is 0 Å². The number of nitrogens with zero attached hydrogens (tertiary/aromatic N) is 2. The zero-order valence-electron chi connectivity index (χ0n) is 12.5. The van der Waals surface area contributed by atoms with Crippen molar-refractivity contribution in [1.82, 2.24) is 9.55 Å². The average molecular weight is 310 g/mol. The topological polar surface area (TPSA) is 34.9 Å². The summed E-state index contributed by atoms with van der Waals surface area (Å²) >= 11 is 1.77. The molecule has 0 aliphatic carbocycles. The molecule has 0 aliphatic heterocycles. The molecule has 4 heteroatoms. The highest BCUT2D eigenvalue weighted by Gasteiger charge is 2.12. The SMILES string of the molecule is CCCSc1nc2ccccc2n1Cc1ccccc1C=O. The van der Waals surface area contributed by atoms with E-state index in [-0.39, 0.29) is 0 Å². The number of para-hydroxylation sites is 2. The number of thioether (sulfide) groups is 1. The third kappa shape index (κ3) is 2.92. The van der Waals surface area contributed by atoms with Crippen LogP contribution in [0.4, 0.5) is 0 Å². The minimum atomic E-state index is 0.668. The molecular weight excluding hydrogens is 292 g/mol. The Morgan fingerprint density at radius 2 is 1.91 bits per heavy atom. The lowest BCUT2D eigenvalue weighted by molar-refractivity contribution is 0.112. The second-order valence-electron chi connectivity index (χ2n) is 5.13. The van der Waals surface area contributed by atoms with Crippen LogP contribution in [0.1, 0.15) is 29.3 Å². The first-order valence-electron chi connectivity index (χ1n) is 7.44. The van der Waals surface area contributed by atoms with Gasteiger partial charge in [0.15, 0.2) is 5.16 Å². The number of carbonyl (C=O) groups excluding carboxylic acids is 1. The van der Waals surface area contributed by atoms with Crippen LogP contribution in [0.2, 0.25) is 0 Å². The fourth-order valence-corrected chi connectivity index (χ4v) is 3.34. The number of hydrogen-bond donors (Lipinski definition) is 0. The highest BCUT2D eigenvalue weighted by molar-refractivity contribution is 7.99. The molecule has 0 saturated heterocycles. The first-order chi connectivity index (χ1) is 10.8. The van der Waals surface area contributed by atoms with Gasteiger partial charge in [-0.1, -0.05) is 55.1 Å². The summed E-state index contributed by atoms with van der Waals surface area (Å²) in [6.07, 6.45) is 2.03. The van der Waals surface area contributed by atoms with Gasteiger partial charge in [-0.3, -0.25) is 4.79 Å². The summed E-state index contributed by atoms with van der Waals surface area (Å²) in [4.78, 5) is 16.0. The molecular formula is C18H18N2OS. The molecule has 0 amide bonds. The molecule has 0 saturated carbocycles. The highest BCUT2D eigenvalue weighted by Crippen LogP contribution is 2.26. The second kappa shape index (κ2) is 6.79. The highest BCUT2D eigenvalue weighted by atomic mass is 32.2. The molecule has 3 nitrogen and oxygen atoms in total. The van der Waals surface area contributed by atoms with E-state index in [2.05, 4.69) is 17.6 Å². The van der Waals surface area contributed by atoms with E-state index in [1.165, 1.54) is 0 Å². The molecule has 0 atom stereocenters. The zero-order chi connectivity index (χ0) is 15.4. The van der Waals surface area contributed by atoms with Gasteiger partial charge >= 0.3 is 0 Å². The van der Waals surface area contributed by atoms with E-state index in [0.717, 1.165) is 45.8 Å². The minimum absolute atomic E-state index is 0.668. The number of carbonyl (C=O) groups is 1. The van der Waals surface area contributed by atoms with Crippen LogP contribution in [0.15, 0.2) is 53.7 Å². The Labute approximate surface area is 134 Å². The van der Waals surface area contributed by atoms with Crippen molar-refractivity contribution in [2.75, 3.05) is 5.75 Å². The molecule has 0 aliphatic rings. The number of imidazole rings is 1. The van der Waals surface area contributed by atoms with Crippen molar-refractivity contribution in [2.24, 2.45) is 0 Å². The van der Waals surface area contributed by atoms with E-state index in [4.69, 9.17) is 4.98 Å². The molecule has 0 unspecified atom stereocenters. The van der Waals surface area contributed by atoms with Gasteiger partial charge in [-0.05, 0) is 24.1 Å². The van der Waals surface area contributed by atoms with Crippen LogP contribution in [0.25, 0.3) is 11.0 Å². The fourth-order valence-electron chi connectivity index (χ4n) is 2.47. The maximum atomic E-state index is 11.2. The van der Waals surface area contributed by atoms with E-state index in [1.54, 1.807) is 11.8 Å². The monoisotopic (exact) mass is 310 g/mol. The summed E-state index contributed by atoms with van der Waals surface area (Å²) in [5.74, 6) is 1.04. The van der Waals surface area contributed by atoms with E-state index in [9.17, 15) is 4.79 Å². The molecule has 1 heterocycles. The van der Waals surface area contributed by atoms with Crippen molar-refractivity contribution in [1.29, 1.82) is 0 Å². The smallest absolute Gasteiger partial charge is 0.169 e. The molecule has 3 aromatic rings. The molecule has 0 radical (unpaired) electrons. The molecule has 0 bridgehead atoms. The van der Waals surface area contributed by atoms with Gasteiger partial charge in [0, 0.05) is 11.3 Å². The van der Waals surface area contributed by atoms with Gasteiger partial charge in [-0.25, -0.2) is 4.98 Å². The van der Waals surface area contributed by atoms with Crippen LogP contribution in [0.5, 0.6) is 0 Å². The van der Waals surface area contributed by atoms with Crippen molar-refractivity contribution in [3.8, 4) is 0 Å². The normalized spacial score (nSPS) is 11.0. The van der Waals surface area contributed by atoms with Gasteiger partial charge in [-0.2, -0.15) is 0 Å². The molecule has 0 fully saturated rings. The van der Waals surface area contributed by atoms with Crippen molar-refractivity contribution in [2.45, 2.75) is 25.0 Å². The minimum Gasteiger partial charge on any atom is -0.314 e. The summed E-state index contributed by atoms with van der Waals surface area (Å²) in [7, 11) is 0. The first kappa shape index (κ1) is 14.9. The van der Waals surface area contributed by atoms with Gasteiger partial charge in [0.05, 0.1) is 17.6 Å². The van der Waals surface area contributed by atoms with Crippen LogP contribution in [-0.2, 0) is 6.54 Å². The van der Waals surface area contributed by atoms with Crippen LogP contribution in [0, 0.1) is 0 Å². The third-order valence-corrected chi connectivity index (χ3v) is 4.75. The van der Waals surface area contributed by atoms with Gasteiger partial charge in [0.2, 0.25) is 0 Å². The summed E-state index contributed by atoms with van der Waals surface area (Å²) in [5, 5.41) is 1.02. The van der Waals surface area contributed by atoms with Gasteiger partial charge in [0.1, 0.15) is 6.29 Å². The Morgan fingerprint density at radius 3 is 2.73 bits per heavy atom. The summed E-state index contributed by atoms with van der Waals surface area (Å²) in [5.41, 5.74) is 3.89. The van der Waals surface area contributed by atoms with Crippen molar-refractivity contribution < 1.29 is 4.79 Å². The lowest BCUT2D eigenvalue weighted by Gasteiger charge is -2.10. The largest absolute Gasteiger partial charge is 0.314 e. The number of hydrogen-bond acceptors (Lipinski definition) is 3. The maximum absolute atomic E-state index is 11.2. The van der Waals surface area contributed by atoms with Crippen molar-refractivity contribution in [3.63, 3.8) is 0 Å². The van der Waals surface area contributed by atoms with Gasteiger partial charge < -0.3 is 4.57 Å². The predicted molar refractivity (Wildman–Crippen MR) is 91.7 cm³/mol. The standard InChI is InChI=1S/C18H18N2OS/c1-2-11-22-18-19-16-9-5-6-10-17(16)20(18)12-14-7-3-4-8-15(14)13-21/h3-10,13H,2,11-12H2,1H3. The van der Waals surface area contributed by atoms with E-state index < -0.39 is 0 Å². The summed E-state index contributed by atoms with van der Waals surface area (Å²) in [6, 6.07) is 15.9. The lowest BCUT2D eigenvalue weighted by atomic mass is 10.1.